The van der Waals surface area contributed by atoms with E-state index >= 15 is 0 Å². The maximum Gasteiger partial charge on any atom is 0.246 e. The monoisotopic (exact) mass is 458 g/mol. The largest absolute Gasteiger partial charge is 0.459 e. The van der Waals surface area contributed by atoms with Crippen LogP contribution in [-0.2, 0) is 22.6 Å². The Morgan fingerprint density at radius 2 is 2.22 bits per heavy atom. The van der Waals surface area contributed by atoms with E-state index < -0.39 is 6.04 Å². The first-order chi connectivity index (χ1) is 14.8. The molecule has 0 spiro atoms. The number of aryl methyl sites for hydroxylation is 2. The molecule has 0 saturated heterocycles. The molecule has 4 rings (SSSR count). The summed E-state index contributed by atoms with van der Waals surface area (Å²) in [5, 5.41) is 3.16. The van der Waals surface area contributed by atoms with Crippen molar-refractivity contribution in [1.82, 2.24) is 9.88 Å². The van der Waals surface area contributed by atoms with Crippen LogP contribution in [0.2, 0.25) is 0 Å². The summed E-state index contributed by atoms with van der Waals surface area (Å²) in [4.78, 5) is 30.2. The summed E-state index contributed by atoms with van der Waals surface area (Å²) in [6, 6.07) is 6.02. The van der Waals surface area contributed by atoms with Crippen LogP contribution >= 0.6 is 12.4 Å². The van der Waals surface area contributed by atoms with Gasteiger partial charge in [-0.15, -0.1) is 12.4 Å². The number of hydrogen-bond donors (Lipinski definition) is 2. The van der Waals surface area contributed by atoms with E-state index in [2.05, 4.69) is 10.3 Å². The summed E-state index contributed by atoms with van der Waals surface area (Å²) in [6.45, 7) is 2.00. The minimum absolute atomic E-state index is 0. The molecule has 1 aromatic carbocycles. The van der Waals surface area contributed by atoms with Crippen molar-refractivity contribution in [3.8, 4) is 0 Å². The highest BCUT2D eigenvalue weighted by molar-refractivity contribution is 5.95. The van der Waals surface area contributed by atoms with Crippen LogP contribution in [0.15, 0.2) is 41.0 Å². The van der Waals surface area contributed by atoms with Gasteiger partial charge in [0.1, 0.15) is 23.0 Å². The third kappa shape index (κ3) is 4.66. The molecule has 0 bridgehead atoms. The molecule has 1 atom stereocenters. The second kappa shape index (κ2) is 9.50. The zero-order valence-corrected chi connectivity index (χ0v) is 18.5. The molecular weight excluding hydrogens is 435 g/mol. The minimum atomic E-state index is -0.557. The lowest BCUT2D eigenvalue weighted by molar-refractivity contribution is -0.125. The predicted octanol–water partition coefficient (Wildman–Crippen LogP) is 3.58. The number of nitrogens with two attached hydrogens (primary N) is 1. The molecule has 0 aliphatic carbocycles. The van der Waals surface area contributed by atoms with E-state index in [9.17, 15) is 14.0 Å². The Morgan fingerprint density at radius 1 is 1.44 bits per heavy atom. The van der Waals surface area contributed by atoms with Crippen LogP contribution in [0.3, 0.4) is 0 Å². The van der Waals surface area contributed by atoms with Gasteiger partial charge in [-0.3, -0.25) is 9.59 Å². The Hall–Kier alpha value is -3.23. The molecule has 168 valence electrons. The number of nitrogens with one attached hydrogen (secondary N) is 1. The number of aromatic nitrogens is 1. The molecule has 3 N–H and O–H groups in total. The van der Waals surface area contributed by atoms with Gasteiger partial charge in [-0.1, -0.05) is 6.07 Å². The number of hydrogen-bond acceptors (Lipinski definition) is 5. The quantitative estimate of drug-likeness (QED) is 0.582. The summed E-state index contributed by atoms with van der Waals surface area (Å²) < 4.78 is 19.8. The number of rotatable bonds is 4. The van der Waals surface area contributed by atoms with E-state index in [1.54, 1.807) is 38.4 Å². The summed E-state index contributed by atoms with van der Waals surface area (Å²) in [7, 11) is 1.65. The number of halogens is 2. The fraction of sp³-hybridized carbons (Fsp3) is 0.261. The number of fused-ring (bicyclic) bond motifs is 2. The highest BCUT2D eigenvalue weighted by atomic mass is 35.5. The second-order valence-corrected chi connectivity index (χ2v) is 7.70. The molecule has 0 radical (unpaired) electrons. The van der Waals surface area contributed by atoms with Crippen molar-refractivity contribution in [1.29, 1.82) is 0 Å². The molecule has 1 unspecified atom stereocenters. The van der Waals surface area contributed by atoms with Crippen LogP contribution in [0, 0.1) is 12.7 Å². The first-order valence-corrected chi connectivity index (χ1v) is 9.98. The lowest BCUT2D eigenvalue weighted by Gasteiger charge is -2.14. The molecular formula is C23H24ClFN4O3. The molecule has 7 nitrogen and oxygen atoms in total. The fourth-order valence-electron chi connectivity index (χ4n) is 3.62. The maximum atomic E-state index is 14.1. The molecule has 1 aliphatic rings. The van der Waals surface area contributed by atoms with Crippen molar-refractivity contribution in [3.63, 3.8) is 0 Å². The number of nitrogens with zero attached hydrogens (tertiary/aromatic N) is 2. The van der Waals surface area contributed by atoms with Crippen LogP contribution < -0.4 is 11.1 Å². The number of carbonyl (C=O) groups excluding carboxylic acids is 2. The van der Waals surface area contributed by atoms with E-state index in [0.29, 0.717) is 41.0 Å². The van der Waals surface area contributed by atoms with Gasteiger partial charge in [-0.05, 0) is 55.2 Å². The lowest BCUT2D eigenvalue weighted by atomic mass is 10.1. The molecule has 32 heavy (non-hydrogen) atoms. The summed E-state index contributed by atoms with van der Waals surface area (Å²) in [5.74, 6) is 0.235. The molecule has 9 heteroatoms. The van der Waals surface area contributed by atoms with Gasteiger partial charge in [0.15, 0.2) is 0 Å². The van der Waals surface area contributed by atoms with Gasteiger partial charge in [0.2, 0.25) is 11.8 Å². The van der Waals surface area contributed by atoms with Crippen molar-refractivity contribution < 1.29 is 18.4 Å². The smallest absolute Gasteiger partial charge is 0.246 e. The van der Waals surface area contributed by atoms with Crippen LogP contribution in [-0.4, -0.2) is 34.8 Å². The van der Waals surface area contributed by atoms with Gasteiger partial charge in [0, 0.05) is 24.9 Å². The van der Waals surface area contributed by atoms with E-state index in [-0.39, 0.29) is 36.6 Å². The highest BCUT2D eigenvalue weighted by Crippen LogP contribution is 2.28. The molecule has 3 aromatic rings. The van der Waals surface area contributed by atoms with Crippen molar-refractivity contribution >= 4 is 47.1 Å². The molecule has 2 amide bonds. The van der Waals surface area contributed by atoms with Crippen LogP contribution in [0.5, 0.6) is 0 Å². The standard InChI is InChI=1S/C23H23FN4O3.ClH/c1-13-19(31-18-5-3-4-16(24)21(13)18)12-28(2)20(29)9-6-14-10-15-7-8-17(25)23(30)27-22(15)26-11-14;/h3-6,9-11,17H,7-8,12,25H2,1-2H3,(H,26,27,30);1H/b9-6+;. The molecule has 0 fully saturated rings. The lowest BCUT2D eigenvalue weighted by Crippen LogP contribution is -2.34. The predicted molar refractivity (Wildman–Crippen MR) is 123 cm³/mol. The van der Waals surface area contributed by atoms with Gasteiger partial charge >= 0.3 is 0 Å². The Bertz CT molecular complexity index is 1210. The van der Waals surface area contributed by atoms with Gasteiger partial charge in [-0.25, -0.2) is 9.37 Å². The number of pyridine rings is 1. The Labute approximate surface area is 190 Å². The van der Waals surface area contributed by atoms with E-state index in [0.717, 1.165) is 11.1 Å². The van der Waals surface area contributed by atoms with Crippen LogP contribution in [0.1, 0.15) is 28.9 Å². The van der Waals surface area contributed by atoms with Crippen LogP contribution in [0.25, 0.3) is 17.0 Å². The first kappa shape index (κ1) is 23.4. The summed E-state index contributed by atoms with van der Waals surface area (Å²) in [6.07, 6.45) is 5.87. The Morgan fingerprint density at radius 3 is 2.97 bits per heavy atom. The Balaban J connectivity index is 0.00000289. The SMILES string of the molecule is Cc1c(CN(C)C(=O)/C=C/c2cnc3c(c2)CCC(N)C(=O)N3)oc2cccc(F)c12.Cl. The topological polar surface area (TPSA) is 101 Å². The van der Waals surface area contributed by atoms with Gasteiger partial charge in [0.05, 0.1) is 18.0 Å². The average Bonchev–Trinajstić information content (AvgIpc) is 2.99. The third-order valence-electron chi connectivity index (χ3n) is 5.47. The van der Waals surface area contributed by atoms with Crippen LogP contribution in [0.4, 0.5) is 10.2 Å². The van der Waals surface area contributed by atoms with Crippen molar-refractivity contribution in [3.05, 3.63) is 64.8 Å². The van der Waals surface area contributed by atoms with Gasteiger partial charge in [-0.2, -0.15) is 0 Å². The number of anilines is 1. The normalized spacial score (nSPS) is 15.8. The van der Waals surface area contributed by atoms with E-state index in [1.165, 1.54) is 17.0 Å². The van der Waals surface area contributed by atoms with Gasteiger partial charge in [0.25, 0.3) is 0 Å². The number of furan rings is 1. The highest BCUT2D eigenvalue weighted by Gasteiger charge is 2.21. The second-order valence-electron chi connectivity index (χ2n) is 7.70. The molecule has 1 aliphatic heterocycles. The number of carbonyl (C=O) groups is 2. The molecule has 3 heterocycles. The zero-order chi connectivity index (χ0) is 22.1. The summed E-state index contributed by atoms with van der Waals surface area (Å²) >= 11 is 0. The molecule has 2 aromatic heterocycles. The van der Waals surface area contributed by atoms with Crippen molar-refractivity contribution in [2.75, 3.05) is 12.4 Å². The number of amides is 2. The third-order valence-corrected chi connectivity index (χ3v) is 5.47. The van der Waals surface area contributed by atoms with E-state index in [1.807, 2.05) is 6.07 Å². The first-order valence-electron chi connectivity index (χ1n) is 9.98. The summed E-state index contributed by atoms with van der Waals surface area (Å²) in [5.41, 5.74) is 8.57. The fourth-order valence-corrected chi connectivity index (χ4v) is 3.62. The average molecular weight is 459 g/mol. The maximum absolute atomic E-state index is 14.1. The Kier molecular flexibility index (Phi) is 6.96. The number of likely N-dealkylation sites (N-methyl/N-ethyl adjacent to an activating group) is 1. The van der Waals surface area contributed by atoms with E-state index in [4.69, 9.17) is 10.2 Å². The minimum Gasteiger partial charge on any atom is -0.459 e. The van der Waals surface area contributed by atoms with Gasteiger partial charge < -0.3 is 20.4 Å². The molecule has 0 saturated carbocycles. The van der Waals surface area contributed by atoms with Crippen molar-refractivity contribution in [2.45, 2.75) is 32.4 Å². The number of benzene rings is 1. The van der Waals surface area contributed by atoms with Crippen molar-refractivity contribution in [2.24, 2.45) is 5.73 Å². The zero-order valence-electron chi connectivity index (χ0n) is 17.7.